The number of aromatic carboxylic acids is 1. The summed E-state index contributed by atoms with van der Waals surface area (Å²) in [5.41, 5.74) is 1.87. The second-order valence-electron chi connectivity index (χ2n) is 4.63. The number of carbonyl (C=O) groups is 1. The summed E-state index contributed by atoms with van der Waals surface area (Å²) in [5.74, 6) is -1.08. The van der Waals surface area contributed by atoms with E-state index in [2.05, 4.69) is 9.97 Å². The molecule has 1 N–H and O–H groups in total. The zero-order valence-electron chi connectivity index (χ0n) is 15.4. The van der Waals surface area contributed by atoms with E-state index in [9.17, 15) is 9.18 Å². The first-order chi connectivity index (χ1) is 12.6. The van der Waals surface area contributed by atoms with Crippen molar-refractivity contribution in [3.63, 3.8) is 0 Å². The van der Waals surface area contributed by atoms with Crippen LogP contribution >= 0.6 is 0 Å². The molecular formula is C21H23FN2O2. The molecule has 0 fully saturated rings. The number of hydrogen-bond acceptors (Lipinski definition) is 3. The van der Waals surface area contributed by atoms with Gasteiger partial charge in [-0.25, -0.2) is 19.2 Å². The zero-order chi connectivity index (χ0) is 19.5. The molecule has 1 aromatic heterocycles. The van der Waals surface area contributed by atoms with Gasteiger partial charge in [0.15, 0.2) is 5.82 Å². The van der Waals surface area contributed by atoms with Crippen LogP contribution < -0.4 is 0 Å². The topological polar surface area (TPSA) is 63.1 Å². The number of carboxylic acid groups (broad SMARTS) is 1. The summed E-state index contributed by atoms with van der Waals surface area (Å²) in [5, 5.41) is 8.90. The van der Waals surface area contributed by atoms with E-state index >= 15 is 0 Å². The van der Waals surface area contributed by atoms with Crippen LogP contribution in [-0.2, 0) is 0 Å². The predicted molar refractivity (Wildman–Crippen MR) is 103 cm³/mol. The highest BCUT2D eigenvalue weighted by Crippen LogP contribution is 2.23. The van der Waals surface area contributed by atoms with Crippen LogP contribution in [0.2, 0.25) is 0 Å². The first-order valence-corrected chi connectivity index (χ1v) is 8.57. The third kappa shape index (κ3) is 5.21. The Morgan fingerprint density at radius 2 is 1.54 bits per heavy atom. The van der Waals surface area contributed by atoms with Crippen LogP contribution in [-0.4, -0.2) is 21.0 Å². The van der Waals surface area contributed by atoms with Crippen molar-refractivity contribution < 1.29 is 14.3 Å². The van der Waals surface area contributed by atoms with Crippen LogP contribution in [0.5, 0.6) is 0 Å². The summed E-state index contributed by atoms with van der Waals surface area (Å²) in [6.45, 7) is 8.00. The van der Waals surface area contributed by atoms with Gasteiger partial charge in [0, 0.05) is 11.8 Å². The Balaban J connectivity index is 0.000000791. The quantitative estimate of drug-likeness (QED) is 0.655. The maximum atomic E-state index is 13.8. The fraction of sp³-hybridized carbons (Fsp3) is 0.190. The van der Waals surface area contributed by atoms with Gasteiger partial charge in [0.05, 0.1) is 16.8 Å². The van der Waals surface area contributed by atoms with Gasteiger partial charge in [0.1, 0.15) is 5.82 Å². The lowest BCUT2D eigenvalue weighted by molar-refractivity contribution is 0.0697. The molecule has 0 unspecified atom stereocenters. The van der Waals surface area contributed by atoms with E-state index in [1.165, 1.54) is 18.2 Å². The highest BCUT2D eigenvalue weighted by Gasteiger charge is 2.09. The van der Waals surface area contributed by atoms with E-state index in [1.807, 2.05) is 27.7 Å². The summed E-state index contributed by atoms with van der Waals surface area (Å²) in [6.07, 6.45) is 1.55. The Labute approximate surface area is 153 Å². The molecule has 136 valence electrons. The van der Waals surface area contributed by atoms with Crippen LogP contribution in [0.3, 0.4) is 0 Å². The SMILES string of the molecule is CC.CC.O=C(O)c1ccc(-c2ccnc(-c3ccccc3F)n2)cc1. The maximum absolute atomic E-state index is 13.8. The molecule has 0 aliphatic carbocycles. The van der Waals surface area contributed by atoms with Gasteiger partial charge in [-0.05, 0) is 30.3 Å². The molecule has 4 nitrogen and oxygen atoms in total. The lowest BCUT2D eigenvalue weighted by Crippen LogP contribution is -1.96. The van der Waals surface area contributed by atoms with Crippen molar-refractivity contribution in [2.75, 3.05) is 0 Å². The fourth-order valence-electron chi connectivity index (χ4n) is 2.08. The van der Waals surface area contributed by atoms with E-state index in [4.69, 9.17) is 5.11 Å². The molecule has 0 bridgehead atoms. The summed E-state index contributed by atoms with van der Waals surface area (Å²) >= 11 is 0. The second-order valence-corrected chi connectivity index (χ2v) is 4.63. The Kier molecular flexibility index (Phi) is 8.64. The van der Waals surface area contributed by atoms with Gasteiger partial charge in [-0.2, -0.15) is 0 Å². The van der Waals surface area contributed by atoms with Crippen LogP contribution in [0.1, 0.15) is 38.1 Å². The minimum absolute atomic E-state index is 0.201. The summed E-state index contributed by atoms with van der Waals surface area (Å²) in [4.78, 5) is 19.3. The van der Waals surface area contributed by atoms with E-state index in [-0.39, 0.29) is 17.2 Å². The number of aromatic nitrogens is 2. The van der Waals surface area contributed by atoms with Gasteiger partial charge in [-0.15, -0.1) is 0 Å². The smallest absolute Gasteiger partial charge is 0.335 e. The molecule has 0 aliphatic rings. The molecule has 0 atom stereocenters. The largest absolute Gasteiger partial charge is 0.478 e. The van der Waals surface area contributed by atoms with Gasteiger partial charge in [0.2, 0.25) is 0 Å². The molecule has 2 aromatic carbocycles. The average Bonchev–Trinajstić information content (AvgIpc) is 2.71. The molecule has 0 radical (unpaired) electrons. The second kappa shape index (κ2) is 10.7. The summed E-state index contributed by atoms with van der Waals surface area (Å²) in [6, 6.07) is 14.3. The molecule has 5 heteroatoms. The molecule has 0 saturated carbocycles. The third-order valence-corrected chi connectivity index (χ3v) is 3.20. The normalized spacial score (nSPS) is 9.27. The van der Waals surface area contributed by atoms with E-state index in [0.717, 1.165) is 5.56 Å². The highest BCUT2D eigenvalue weighted by atomic mass is 19.1. The number of rotatable bonds is 3. The van der Waals surface area contributed by atoms with Crippen molar-refractivity contribution in [3.8, 4) is 22.6 Å². The minimum Gasteiger partial charge on any atom is -0.478 e. The van der Waals surface area contributed by atoms with E-state index in [0.29, 0.717) is 11.3 Å². The monoisotopic (exact) mass is 354 g/mol. The molecule has 0 saturated heterocycles. The lowest BCUT2D eigenvalue weighted by atomic mass is 10.1. The van der Waals surface area contributed by atoms with Gasteiger partial charge < -0.3 is 5.11 Å². The number of halogens is 1. The predicted octanol–water partition coefficient (Wildman–Crippen LogP) is 5.70. The van der Waals surface area contributed by atoms with Gasteiger partial charge in [-0.1, -0.05) is 52.0 Å². The minimum atomic E-state index is -0.985. The van der Waals surface area contributed by atoms with Crippen LogP contribution in [0, 0.1) is 5.82 Å². The number of nitrogens with zero attached hydrogens (tertiary/aromatic N) is 2. The summed E-state index contributed by atoms with van der Waals surface area (Å²) in [7, 11) is 0. The van der Waals surface area contributed by atoms with E-state index < -0.39 is 5.97 Å². The zero-order valence-corrected chi connectivity index (χ0v) is 15.4. The third-order valence-electron chi connectivity index (χ3n) is 3.20. The fourth-order valence-corrected chi connectivity index (χ4v) is 2.08. The van der Waals surface area contributed by atoms with Crippen molar-refractivity contribution in [1.29, 1.82) is 0 Å². The van der Waals surface area contributed by atoms with Crippen LogP contribution in [0.4, 0.5) is 4.39 Å². The molecule has 26 heavy (non-hydrogen) atoms. The van der Waals surface area contributed by atoms with Gasteiger partial charge in [0.25, 0.3) is 0 Å². The standard InChI is InChI=1S/C17H11FN2O2.2C2H6/c18-14-4-2-1-3-13(14)16-19-10-9-15(20-16)11-5-7-12(8-6-11)17(21)22;2*1-2/h1-10H,(H,21,22);2*1-2H3. The Hall–Kier alpha value is -3.08. The first kappa shape index (κ1) is 21.0. The molecule has 0 amide bonds. The van der Waals surface area contributed by atoms with Crippen LogP contribution in [0.15, 0.2) is 60.8 Å². The number of hydrogen-bond donors (Lipinski definition) is 1. The highest BCUT2D eigenvalue weighted by molar-refractivity contribution is 5.88. The molecule has 0 spiro atoms. The molecule has 3 aromatic rings. The van der Waals surface area contributed by atoms with E-state index in [1.54, 1.807) is 42.6 Å². The number of benzene rings is 2. The van der Waals surface area contributed by atoms with Gasteiger partial charge >= 0.3 is 5.97 Å². The Morgan fingerprint density at radius 3 is 2.12 bits per heavy atom. The molecule has 3 rings (SSSR count). The van der Waals surface area contributed by atoms with Crippen molar-refractivity contribution >= 4 is 5.97 Å². The van der Waals surface area contributed by atoms with Crippen LogP contribution in [0.25, 0.3) is 22.6 Å². The lowest BCUT2D eigenvalue weighted by Gasteiger charge is -2.05. The first-order valence-electron chi connectivity index (χ1n) is 8.57. The number of carboxylic acids is 1. The van der Waals surface area contributed by atoms with Crippen molar-refractivity contribution in [3.05, 3.63) is 72.2 Å². The van der Waals surface area contributed by atoms with Gasteiger partial charge in [-0.3, -0.25) is 0 Å². The average molecular weight is 354 g/mol. The Bertz CT molecular complexity index is 833. The van der Waals surface area contributed by atoms with Crippen molar-refractivity contribution in [2.24, 2.45) is 0 Å². The van der Waals surface area contributed by atoms with Crippen molar-refractivity contribution in [2.45, 2.75) is 27.7 Å². The van der Waals surface area contributed by atoms with Crippen molar-refractivity contribution in [1.82, 2.24) is 9.97 Å². The molecular weight excluding hydrogens is 331 g/mol. The summed E-state index contributed by atoms with van der Waals surface area (Å²) < 4.78 is 13.8. The maximum Gasteiger partial charge on any atom is 0.335 e. The molecule has 1 heterocycles. The Morgan fingerprint density at radius 1 is 0.923 bits per heavy atom. The molecule has 0 aliphatic heterocycles.